The number of likely N-dealkylation sites (N-methyl/N-ethyl adjacent to an activating group) is 1. The van der Waals surface area contributed by atoms with Crippen LogP contribution in [0.1, 0.15) is 13.3 Å². The first-order valence-corrected chi connectivity index (χ1v) is 7.44. The minimum Gasteiger partial charge on any atom is -0.371 e. The zero-order valence-electron chi connectivity index (χ0n) is 12.6. The minimum absolute atomic E-state index is 0.700. The van der Waals surface area contributed by atoms with Gasteiger partial charge in [0.15, 0.2) is 0 Å². The molecule has 1 aromatic carbocycles. The molecule has 0 amide bonds. The van der Waals surface area contributed by atoms with Crippen molar-refractivity contribution < 1.29 is 0 Å². The summed E-state index contributed by atoms with van der Waals surface area (Å²) in [6.07, 6.45) is 2.88. The molecule has 3 rings (SSSR count). The Morgan fingerprint density at radius 1 is 1.14 bits per heavy atom. The molecular weight excluding hydrogens is 262 g/mol. The molecule has 2 heterocycles. The van der Waals surface area contributed by atoms with Gasteiger partial charge in [0, 0.05) is 32.9 Å². The second-order valence-corrected chi connectivity index (χ2v) is 5.23. The van der Waals surface area contributed by atoms with Gasteiger partial charge in [0.05, 0.1) is 11.4 Å². The molecule has 2 aromatic rings. The minimum atomic E-state index is 0.700. The maximum atomic E-state index is 4.64. The third-order valence-electron chi connectivity index (χ3n) is 3.69. The Bertz CT molecular complexity index is 613. The van der Waals surface area contributed by atoms with E-state index in [0.29, 0.717) is 5.95 Å². The summed E-state index contributed by atoms with van der Waals surface area (Å²) >= 11 is 0. The van der Waals surface area contributed by atoms with Crippen molar-refractivity contribution in [2.24, 2.45) is 0 Å². The molecule has 110 valence electrons. The molecule has 0 spiro atoms. The van der Waals surface area contributed by atoms with Gasteiger partial charge in [-0.3, -0.25) is 0 Å². The van der Waals surface area contributed by atoms with Gasteiger partial charge in [-0.05, 0) is 24.6 Å². The fourth-order valence-electron chi connectivity index (χ4n) is 2.57. The number of anilines is 4. The Balaban J connectivity index is 1.92. The van der Waals surface area contributed by atoms with E-state index < -0.39 is 0 Å². The highest BCUT2D eigenvalue weighted by molar-refractivity contribution is 5.78. The second kappa shape index (κ2) is 5.99. The molecule has 0 unspecified atom stereocenters. The number of hydrogen-bond acceptors (Lipinski definition) is 5. The van der Waals surface area contributed by atoms with Gasteiger partial charge < -0.3 is 15.1 Å². The van der Waals surface area contributed by atoms with E-state index in [9.17, 15) is 0 Å². The monoisotopic (exact) mass is 283 g/mol. The molecule has 5 nitrogen and oxygen atoms in total. The average Bonchev–Trinajstić information content (AvgIpc) is 2.54. The van der Waals surface area contributed by atoms with Gasteiger partial charge in [0.1, 0.15) is 5.82 Å². The van der Waals surface area contributed by atoms with Crippen molar-refractivity contribution in [3.05, 3.63) is 36.5 Å². The lowest BCUT2D eigenvalue weighted by Crippen LogP contribution is -2.36. The van der Waals surface area contributed by atoms with Crippen LogP contribution >= 0.6 is 0 Å². The van der Waals surface area contributed by atoms with Crippen molar-refractivity contribution in [2.45, 2.75) is 13.3 Å². The summed E-state index contributed by atoms with van der Waals surface area (Å²) in [6, 6.07) is 10.4. The predicted molar refractivity (Wildman–Crippen MR) is 87.5 cm³/mol. The van der Waals surface area contributed by atoms with Crippen LogP contribution in [0.15, 0.2) is 36.5 Å². The lowest BCUT2D eigenvalue weighted by Gasteiger charge is -2.36. The van der Waals surface area contributed by atoms with Crippen molar-refractivity contribution in [2.75, 3.05) is 41.8 Å². The highest BCUT2D eigenvalue weighted by atomic mass is 15.3. The van der Waals surface area contributed by atoms with Gasteiger partial charge in [0.25, 0.3) is 0 Å². The summed E-state index contributed by atoms with van der Waals surface area (Å²) in [5, 5.41) is 3.25. The largest absolute Gasteiger partial charge is 0.371 e. The number of fused-ring (bicyclic) bond motifs is 1. The number of benzene rings is 1. The van der Waals surface area contributed by atoms with E-state index in [4.69, 9.17) is 0 Å². The maximum absolute atomic E-state index is 4.64. The van der Waals surface area contributed by atoms with E-state index in [2.05, 4.69) is 63.3 Å². The predicted octanol–water partition coefficient (Wildman–Crippen LogP) is 2.89. The number of para-hydroxylation sites is 2. The highest BCUT2D eigenvalue weighted by Gasteiger charge is 2.21. The number of rotatable bonds is 4. The van der Waals surface area contributed by atoms with E-state index in [1.165, 1.54) is 11.4 Å². The van der Waals surface area contributed by atoms with E-state index in [-0.39, 0.29) is 0 Å². The van der Waals surface area contributed by atoms with Crippen molar-refractivity contribution in [3.63, 3.8) is 0 Å². The Hall–Kier alpha value is -2.30. The van der Waals surface area contributed by atoms with Crippen LogP contribution < -0.4 is 15.1 Å². The summed E-state index contributed by atoms with van der Waals surface area (Å²) in [7, 11) is 2.13. The smallest absolute Gasteiger partial charge is 0.224 e. The van der Waals surface area contributed by atoms with Crippen LogP contribution in [-0.2, 0) is 0 Å². The first-order chi connectivity index (χ1) is 10.3. The Labute approximate surface area is 125 Å². The molecule has 1 aliphatic rings. The molecule has 1 aromatic heterocycles. The van der Waals surface area contributed by atoms with Crippen LogP contribution in [0.25, 0.3) is 0 Å². The molecule has 0 bridgehead atoms. The van der Waals surface area contributed by atoms with Crippen LogP contribution in [-0.4, -0.2) is 36.6 Å². The van der Waals surface area contributed by atoms with Crippen molar-refractivity contribution in [3.8, 4) is 0 Å². The third kappa shape index (κ3) is 2.77. The number of hydrogen-bond donors (Lipinski definition) is 1. The van der Waals surface area contributed by atoms with Gasteiger partial charge in [-0.2, -0.15) is 4.98 Å². The lowest BCUT2D eigenvalue weighted by atomic mass is 10.2. The van der Waals surface area contributed by atoms with Crippen molar-refractivity contribution >= 4 is 23.1 Å². The zero-order chi connectivity index (χ0) is 14.7. The summed E-state index contributed by atoms with van der Waals surface area (Å²) in [6.45, 7) is 4.94. The molecule has 0 radical (unpaired) electrons. The standard InChI is InChI=1S/C16H21N5/c1-3-9-17-16-18-10-8-15(19-16)21-12-11-20(2)13-6-4-5-7-14(13)21/h4-8,10H,3,9,11-12H2,1-2H3,(H,17,18,19). The fraction of sp³-hybridized carbons (Fsp3) is 0.375. The van der Waals surface area contributed by atoms with Crippen molar-refractivity contribution in [1.29, 1.82) is 0 Å². The van der Waals surface area contributed by atoms with Gasteiger partial charge >= 0.3 is 0 Å². The number of nitrogens with one attached hydrogen (secondary N) is 1. The molecule has 0 saturated carbocycles. The molecular formula is C16H21N5. The highest BCUT2D eigenvalue weighted by Crippen LogP contribution is 2.35. The van der Waals surface area contributed by atoms with Gasteiger partial charge in [-0.1, -0.05) is 19.1 Å². The SMILES string of the molecule is CCCNc1nccc(N2CCN(C)c3ccccc32)n1. The van der Waals surface area contributed by atoms with Crippen LogP contribution in [0.3, 0.4) is 0 Å². The number of nitrogens with zero attached hydrogens (tertiary/aromatic N) is 4. The van der Waals surface area contributed by atoms with E-state index in [0.717, 1.165) is 31.9 Å². The van der Waals surface area contributed by atoms with Crippen molar-refractivity contribution in [1.82, 2.24) is 9.97 Å². The summed E-state index contributed by atoms with van der Waals surface area (Å²) in [5.41, 5.74) is 2.44. The molecule has 0 fully saturated rings. The maximum Gasteiger partial charge on any atom is 0.224 e. The zero-order valence-corrected chi connectivity index (χ0v) is 12.6. The summed E-state index contributed by atoms with van der Waals surface area (Å²) in [5.74, 6) is 1.65. The topological polar surface area (TPSA) is 44.3 Å². The Morgan fingerprint density at radius 2 is 1.95 bits per heavy atom. The second-order valence-electron chi connectivity index (χ2n) is 5.23. The third-order valence-corrected chi connectivity index (χ3v) is 3.69. The molecule has 5 heteroatoms. The van der Waals surface area contributed by atoms with Crippen LogP contribution in [0.5, 0.6) is 0 Å². The van der Waals surface area contributed by atoms with Gasteiger partial charge in [-0.15, -0.1) is 0 Å². The normalized spacial score (nSPS) is 14.0. The molecule has 0 saturated heterocycles. The quantitative estimate of drug-likeness (QED) is 0.934. The Kier molecular flexibility index (Phi) is 3.90. The fourth-order valence-corrected chi connectivity index (χ4v) is 2.57. The lowest BCUT2D eigenvalue weighted by molar-refractivity contribution is 0.811. The molecule has 0 aliphatic carbocycles. The molecule has 1 N–H and O–H groups in total. The van der Waals surface area contributed by atoms with E-state index >= 15 is 0 Å². The van der Waals surface area contributed by atoms with Gasteiger partial charge in [0.2, 0.25) is 5.95 Å². The first-order valence-electron chi connectivity index (χ1n) is 7.44. The van der Waals surface area contributed by atoms with Gasteiger partial charge in [-0.25, -0.2) is 4.98 Å². The molecule has 21 heavy (non-hydrogen) atoms. The molecule has 0 atom stereocenters. The van der Waals surface area contributed by atoms with E-state index in [1.54, 1.807) is 0 Å². The first kappa shape index (κ1) is 13.7. The Morgan fingerprint density at radius 3 is 2.76 bits per heavy atom. The van der Waals surface area contributed by atoms with Crippen LogP contribution in [0, 0.1) is 0 Å². The van der Waals surface area contributed by atoms with Crippen LogP contribution in [0.2, 0.25) is 0 Å². The number of aromatic nitrogens is 2. The average molecular weight is 283 g/mol. The molecule has 1 aliphatic heterocycles. The van der Waals surface area contributed by atoms with Crippen LogP contribution in [0.4, 0.5) is 23.1 Å². The summed E-state index contributed by atoms with van der Waals surface area (Å²) in [4.78, 5) is 13.5. The van der Waals surface area contributed by atoms with E-state index in [1.807, 2.05) is 12.3 Å². The summed E-state index contributed by atoms with van der Waals surface area (Å²) < 4.78 is 0.